The first-order valence-electron chi connectivity index (χ1n) is 18.8. The number of benzene rings is 4. The highest BCUT2D eigenvalue weighted by atomic mass is 32.2. The van der Waals surface area contributed by atoms with E-state index in [0.29, 0.717) is 18.6 Å². The summed E-state index contributed by atoms with van der Waals surface area (Å²) < 4.78 is 37.8. The van der Waals surface area contributed by atoms with Gasteiger partial charge in [0.15, 0.2) is 26.6 Å². The molecule has 0 aromatic heterocycles. The molecule has 6 atom stereocenters. The topological polar surface area (TPSA) is 124 Å². The Labute approximate surface area is 340 Å². The molecule has 10 nitrogen and oxygen atoms in total. The number of carbonyl (C=O) groups excluding carboxylic acids is 4. The van der Waals surface area contributed by atoms with Crippen molar-refractivity contribution in [3.63, 3.8) is 0 Å². The van der Waals surface area contributed by atoms with Crippen LogP contribution in [0, 0.1) is 0 Å². The molecule has 0 saturated carbocycles. The van der Waals surface area contributed by atoms with Gasteiger partial charge in [-0.15, -0.1) is 18.3 Å². The molecule has 0 N–H and O–H groups in total. The molecule has 1 fully saturated rings. The van der Waals surface area contributed by atoms with Gasteiger partial charge < -0.3 is 28.1 Å². The predicted molar refractivity (Wildman–Crippen MR) is 222 cm³/mol. The summed E-state index contributed by atoms with van der Waals surface area (Å²) in [6, 6.07) is 33.4. The number of thioether (sulfide) groups is 1. The smallest absolute Gasteiger partial charge is 0.338 e. The Kier molecular flexibility index (Phi) is 15.1. The zero-order chi connectivity index (χ0) is 41.0. The zero-order valence-electron chi connectivity index (χ0n) is 32.9. The Morgan fingerprint density at radius 1 is 0.667 bits per heavy atom. The standard InChI is InChI=1S/C45H50O10SSi/c1-7-20-35(29-51-57(5,6)45(2,3)4)56-44-39(55-43(49)34-27-18-11-19-28-34)38(54-42(48)33-25-16-10-17-26-33)37(53-41(47)32-23-14-9-15-24-32)36(52-44)30-50-40(46)31-21-12-8-13-22-31/h7-19,21-28,35-39,44H,1,20,29-30H2,2-6H3. The lowest BCUT2D eigenvalue weighted by molar-refractivity contribution is -0.207. The van der Waals surface area contributed by atoms with Gasteiger partial charge in [0.25, 0.3) is 0 Å². The molecule has 1 heterocycles. The van der Waals surface area contributed by atoms with Gasteiger partial charge in [0.2, 0.25) is 0 Å². The highest BCUT2D eigenvalue weighted by molar-refractivity contribution is 8.00. The maximum absolute atomic E-state index is 13.9. The Morgan fingerprint density at radius 3 is 1.49 bits per heavy atom. The molecule has 1 saturated heterocycles. The van der Waals surface area contributed by atoms with Gasteiger partial charge in [-0.25, -0.2) is 19.2 Å². The second kappa shape index (κ2) is 19.9. The molecule has 6 unspecified atom stereocenters. The molecular formula is C45H50O10SSi. The van der Waals surface area contributed by atoms with Crippen LogP contribution in [-0.2, 0) is 28.1 Å². The number of carbonyl (C=O) groups is 4. The minimum absolute atomic E-state index is 0.0637. The largest absolute Gasteiger partial charge is 0.459 e. The molecule has 57 heavy (non-hydrogen) atoms. The van der Waals surface area contributed by atoms with Gasteiger partial charge in [-0.2, -0.15) is 0 Å². The van der Waals surface area contributed by atoms with Crippen molar-refractivity contribution in [2.75, 3.05) is 13.2 Å². The summed E-state index contributed by atoms with van der Waals surface area (Å²) in [5, 5.41) is -0.327. The molecule has 0 radical (unpaired) electrons. The van der Waals surface area contributed by atoms with Crippen LogP contribution in [0.3, 0.4) is 0 Å². The molecular weight excluding hydrogens is 761 g/mol. The minimum atomic E-state index is -2.21. The number of esters is 4. The summed E-state index contributed by atoms with van der Waals surface area (Å²) in [4.78, 5) is 54.9. The van der Waals surface area contributed by atoms with Crippen LogP contribution in [-0.4, -0.2) is 80.5 Å². The summed E-state index contributed by atoms with van der Waals surface area (Å²) in [6.07, 6.45) is -3.10. The summed E-state index contributed by atoms with van der Waals surface area (Å²) in [6.45, 7) is 14.7. The van der Waals surface area contributed by atoms with E-state index in [-0.39, 0.29) is 27.0 Å². The van der Waals surface area contributed by atoms with Gasteiger partial charge in [-0.3, -0.25) is 0 Å². The quantitative estimate of drug-likeness (QED) is 0.0467. The minimum Gasteiger partial charge on any atom is -0.459 e. The maximum Gasteiger partial charge on any atom is 0.338 e. The Morgan fingerprint density at radius 2 is 1.07 bits per heavy atom. The average molecular weight is 811 g/mol. The van der Waals surface area contributed by atoms with Gasteiger partial charge >= 0.3 is 23.9 Å². The maximum atomic E-state index is 13.9. The lowest BCUT2D eigenvalue weighted by Gasteiger charge is -2.45. The monoisotopic (exact) mass is 810 g/mol. The second-order valence-electron chi connectivity index (χ2n) is 15.1. The molecule has 0 amide bonds. The third kappa shape index (κ3) is 11.8. The van der Waals surface area contributed by atoms with E-state index in [2.05, 4.69) is 40.4 Å². The van der Waals surface area contributed by atoms with Gasteiger partial charge in [0.05, 0.1) is 22.3 Å². The summed E-state index contributed by atoms with van der Waals surface area (Å²) in [5.74, 6) is -2.86. The molecule has 1 aliphatic heterocycles. The van der Waals surface area contributed by atoms with Crippen molar-refractivity contribution >= 4 is 44.0 Å². The molecule has 300 valence electrons. The van der Waals surface area contributed by atoms with Gasteiger partial charge in [0, 0.05) is 11.9 Å². The summed E-state index contributed by atoms with van der Waals surface area (Å²) in [7, 11) is -2.21. The van der Waals surface area contributed by atoms with Crippen LogP contribution < -0.4 is 0 Å². The molecule has 4 aromatic rings. The predicted octanol–water partition coefficient (Wildman–Crippen LogP) is 8.94. The van der Waals surface area contributed by atoms with Crippen molar-refractivity contribution in [3.8, 4) is 0 Å². The molecule has 0 aliphatic carbocycles. The highest BCUT2D eigenvalue weighted by Crippen LogP contribution is 2.40. The van der Waals surface area contributed by atoms with Crippen LogP contribution in [0.2, 0.25) is 18.1 Å². The SMILES string of the molecule is C=CCC(CO[Si](C)(C)C(C)(C)C)SC1OC(COC(=O)c2ccccc2)C(OC(=O)c2ccccc2)C(OC(=O)c2ccccc2)C1OC(=O)c1ccccc1. The van der Waals surface area contributed by atoms with Gasteiger partial charge in [0.1, 0.15) is 18.1 Å². The van der Waals surface area contributed by atoms with Crippen LogP contribution in [0.4, 0.5) is 0 Å². The van der Waals surface area contributed by atoms with E-state index in [1.54, 1.807) is 127 Å². The van der Waals surface area contributed by atoms with E-state index in [4.69, 9.17) is 28.1 Å². The van der Waals surface area contributed by atoms with E-state index in [0.717, 1.165) is 0 Å². The second-order valence-corrected chi connectivity index (χ2v) is 21.3. The molecule has 12 heteroatoms. The van der Waals surface area contributed by atoms with Crippen molar-refractivity contribution in [1.29, 1.82) is 0 Å². The third-order valence-electron chi connectivity index (χ3n) is 9.93. The van der Waals surface area contributed by atoms with E-state index >= 15 is 0 Å². The fourth-order valence-corrected chi connectivity index (χ4v) is 8.21. The fourth-order valence-electron chi connectivity index (χ4n) is 5.69. The Hall–Kier alpha value is -5.01. The zero-order valence-corrected chi connectivity index (χ0v) is 34.7. The first-order chi connectivity index (χ1) is 27.3. The average Bonchev–Trinajstić information content (AvgIpc) is 3.21. The van der Waals surface area contributed by atoms with E-state index in [1.165, 1.54) is 11.8 Å². The number of hydrogen-bond acceptors (Lipinski definition) is 11. The molecule has 0 spiro atoms. The molecule has 1 aliphatic rings. The third-order valence-corrected chi connectivity index (χ3v) is 15.8. The number of allylic oxidation sites excluding steroid dienone is 1. The Bertz CT molecular complexity index is 1940. The lowest BCUT2D eigenvalue weighted by Crippen LogP contribution is -2.62. The first kappa shape index (κ1) is 43.1. The van der Waals surface area contributed by atoms with E-state index < -0.39 is 68.7 Å². The number of rotatable bonds is 16. The lowest BCUT2D eigenvalue weighted by atomic mass is 9.98. The van der Waals surface area contributed by atoms with Crippen LogP contribution in [0.1, 0.15) is 68.6 Å². The molecule has 5 rings (SSSR count). The van der Waals surface area contributed by atoms with E-state index in [1.807, 2.05) is 0 Å². The van der Waals surface area contributed by atoms with Crippen LogP contribution in [0.25, 0.3) is 0 Å². The molecule has 0 bridgehead atoms. The number of hydrogen-bond donors (Lipinski definition) is 0. The molecule has 4 aromatic carbocycles. The van der Waals surface area contributed by atoms with E-state index in [9.17, 15) is 19.2 Å². The number of ether oxygens (including phenoxy) is 5. The van der Waals surface area contributed by atoms with Gasteiger partial charge in [-0.05, 0) is 73.1 Å². The first-order valence-corrected chi connectivity index (χ1v) is 22.7. The van der Waals surface area contributed by atoms with Crippen molar-refractivity contribution in [2.45, 2.75) is 80.4 Å². The van der Waals surface area contributed by atoms with Crippen LogP contribution in [0.5, 0.6) is 0 Å². The van der Waals surface area contributed by atoms with Crippen molar-refractivity contribution in [1.82, 2.24) is 0 Å². The highest BCUT2D eigenvalue weighted by Gasteiger charge is 2.54. The van der Waals surface area contributed by atoms with Crippen molar-refractivity contribution in [2.24, 2.45) is 0 Å². The normalized spacial score (nSPS) is 20.1. The Balaban J connectivity index is 1.59. The fraction of sp³-hybridized carbons (Fsp3) is 0.333. The summed E-state index contributed by atoms with van der Waals surface area (Å²) in [5.41, 5.74) is -0.0587. The van der Waals surface area contributed by atoms with Crippen LogP contribution >= 0.6 is 11.8 Å². The van der Waals surface area contributed by atoms with Crippen molar-refractivity contribution in [3.05, 3.63) is 156 Å². The van der Waals surface area contributed by atoms with Crippen molar-refractivity contribution < 1.29 is 47.3 Å². The summed E-state index contributed by atoms with van der Waals surface area (Å²) >= 11 is 1.32. The van der Waals surface area contributed by atoms with Gasteiger partial charge in [-0.1, -0.05) is 99.6 Å². The van der Waals surface area contributed by atoms with Crippen LogP contribution in [0.15, 0.2) is 134 Å².